The van der Waals surface area contributed by atoms with Crippen LogP contribution in [-0.4, -0.2) is 19.0 Å². The summed E-state index contributed by atoms with van der Waals surface area (Å²) in [6, 6.07) is 20.7. The Kier molecular flexibility index (Phi) is 6.39. The van der Waals surface area contributed by atoms with Gasteiger partial charge in [-0.2, -0.15) is 17.9 Å². The average Bonchev–Trinajstić information content (AvgIpc) is 2.68. The third kappa shape index (κ3) is 5.13. The predicted octanol–water partition coefficient (Wildman–Crippen LogP) is 5.53. The molecule has 7 heteroatoms. The van der Waals surface area contributed by atoms with Gasteiger partial charge in [-0.25, -0.2) is 0 Å². The van der Waals surface area contributed by atoms with E-state index in [0.29, 0.717) is 10.0 Å². The lowest BCUT2D eigenvalue weighted by molar-refractivity contribution is 0.427. The maximum Gasteiger partial charge on any atom is 0.279 e. The molecule has 0 amide bonds. The Labute approximate surface area is 175 Å². The van der Waals surface area contributed by atoms with Gasteiger partial charge in [0.1, 0.15) is 0 Å². The second-order valence-electron chi connectivity index (χ2n) is 6.22. The number of halogens is 2. The fraction of sp³-hybridized carbons (Fsp3) is 0.0952. The summed E-state index contributed by atoms with van der Waals surface area (Å²) >= 11 is 11.8. The lowest BCUT2D eigenvalue weighted by atomic mass is 10.2. The van der Waals surface area contributed by atoms with E-state index in [9.17, 15) is 8.42 Å². The molecule has 3 aromatic rings. The van der Waals surface area contributed by atoms with E-state index in [-0.39, 0.29) is 11.4 Å². The number of nitrogens with zero attached hydrogens (tertiary/aromatic N) is 2. The monoisotopic (exact) mass is 432 g/mol. The van der Waals surface area contributed by atoms with Crippen molar-refractivity contribution in [2.75, 3.05) is 0 Å². The van der Waals surface area contributed by atoms with Crippen molar-refractivity contribution in [1.29, 1.82) is 0 Å². The molecule has 0 N–H and O–H groups in total. The van der Waals surface area contributed by atoms with E-state index in [1.54, 1.807) is 72.8 Å². The Balaban J connectivity index is 1.96. The van der Waals surface area contributed by atoms with Gasteiger partial charge in [0.25, 0.3) is 10.0 Å². The molecule has 3 aromatic carbocycles. The van der Waals surface area contributed by atoms with E-state index in [4.69, 9.17) is 23.2 Å². The zero-order valence-corrected chi connectivity index (χ0v) is 17.4. The van der Waals surface area contributed by atoms with E-state index in [1.807, 2.05) is 6.92 Å². The first-order valence-electron chi connectivity index (χ1n) is 8.48. The minimum atomic E-state index is -3.83. The standard InChI is InChI=1S/C21H18Cl2N2O2S/c1-16-2-12-21(13-3-16)28(26,27)25(15-18-6-10-20(23)11-7-18)24-14-17-4-8-19(22)9-5-17/h2-14H,15H2,1H3/b24-14+. The van der Waals surface area contributed by atoms with Crippen molar-refractivity contribution in [2.24, 2.45) is 5.10 Å². The van der Waals surface area contributed by atoms with Crippen LogP contribution in [0.2, 0.25) is 10.0 Å². The molecule has 0 aliphatic carbocycles. The Morgan fingerprint density at radius 3 is 1.96 bits per heavy atom. The van der Waals surface area contributed by atoms with Gasteiger partial charge in [0.15, 0.2) is 0 Å². The maximum absolute atomic E-state index is 13.2. The minimum Gasteiger partial charge on any atom is -0.200 e. The summed E-state index contributed by atoms with van der Waals surface area (Å²) in [6.07, 6.45) is 1.50. The number of hydrazone groups is 1. The zero-order chi connectivity index (χ0) is 20.1. The lowest BCUT2D eigenvalue weighted by Gasteiger charge is -2.19. The van der Waals surface area contributed by atoms with Crippen molar-refractivity contribution >= 4 is 39.4 Å². The average molecular weight is 433 g/mol. The van der Waals surface area contributed by atoms with Crippen molar-refractivity contribution in [3.8, 4) is 0 Å². The van der Waals surface area contributed by atoms with Gasteiger partial charge in [0, 0.05) is 10.0 Å². The lowest BCUT2D eigenvalue weighted by Crippen LogP contribution is -2.26. The van der Waals surface area contributed by atoms with Crippen LogP contribution in [0.15, 0.2) is 82.8 Å². The molecule has 4 nitrogen and oxygen atoms in total. The SMILES string of the molecule is Cc1ccc(S(=O)(=O)N(Cc2ccc(Cl)cc2)/N=C/c2ccc(Cl)cc2)cc1. The molecule has 0 unspecified atom stereocenters. The van der Waals surface area contributed by atoms with E-state index in [2.05, 4.69) is 5.10 Å². The number of hydrogen-bond donors (Lipinski definition) is 0. The summed E-state index contributed by atoms with van der Waals surface area (Å²) < 4.78 is 27.4. The van der Waals surface area contributed by atoms with Gasteiger partial charge in [-0.3, -0.25) is 0 Å². The minimum absolute atomic E-state index is 0.0808. The van der Waals surface area contributed by atoms with Crippen LogP contribution in [-0.2, 0) is 16.6 Å². The van der Waals surface area contributed by atoms with Crippen LogP contribution in [0.3, 0.4) is 0 Å². The smallest absolute Gasteiger partial charge is 0.200 e. The van der Waals surface area contributed by atoms with Crippen LogP contribution in [0.25, 0.3) is 0 Å². The maximum atomic E-state index is 13.2. The number of hydrogen-bond acceptors (Lipinski definition) is 3. The number of benzene rings is 3. The van der Waals surface area contributed by atoms with Gasteiger partial charge >= 0.3 is 0 Å². The number of sulfonamides is 1. The molecule has 144 valence electrons. The first-order chi connectivity index (χ1) is 13.3. The van der Waals surface area contributed by atoms with Gasteiger partial charge in [-0.15, -0.1) is 0 Å². The highest BCUT2D eigenvalue weighted by Crippen LogP contribution is 2.21. The van der Waals surface area contributed by atoms with Gasteiger partial charge in [-0.05, 0) is 54.4 Å². The fourth-order valence-electron chi connectivity index (χ4n) is 2.45. The topological polar surface area (TPSA) is 49.7 Å². The van der Waals surface area contributed by atoms with Crippen LogP contribution in [0, 0.1) is 6.92 Å². The third-order valence-corrected chi connectivity index (χ3v) is 6.18. The molecule has 0 fully saturated rings. The molecule has 0 aliphatic heterocycles. The first-order valence-corrected chi connectivity index (χ1v) is 10.7. The van der Waals surface area contributed by atoms with Crippen molar-refractivity contribution in [3.05, 3.63) is 99.5 Å². The Hall–Kier alpha value is -2.34. The molecular weight excluding hydrogens is 415 g/mol. The summed E-state index contributed by atoms with van der Waals surface area (Å²) in [5.41, 5.74) is 2.49. The quantitative estimate of drug-likeness (QED) is 0.379. The Morgan fingerprint density at radius 1 is 0.857 bits per heavy atom. The van der Waals surface area contributed by atoms with Crippen LogP contribution in [0.1, 0.15) is 16.7 Å². The van der Waals surface area contributed by atoms with Crippen molar-refractivity contribution < 1.29 is 8.42 Å². The van der Waals surface area contributed by atoms with Crippen molar-refractivity contribution in [1.82, 2.24) is 4.41 Å². The second-order valence-corrected chi connectivity index (χ2v) is 8.94. The molecule has 0 spiro atoms. The van der Waals surface area contributed by atoms with Crippen LogP contribution < -0.4 is 0 Å². The molecule has 3 rings (SSSR count). The Morgan fingerprint density at radius 2 is 1.39 bits per heavy atom. The summed E-state index contributed by atoms with van der Waals surface area (Å²) in [7, 11) is -3.83. The highest BCUT2D eigenvalue weighted by Gasteiger charge is 2.23. The summed E-state index contributed by atoms with van der Waals surface area (Å²) in [4.78, 5) is 0.181. The molecule has 0 saturated carbocycles. The van der Waals surface area contributed by atoms with Crippen molar-refractivity contribution in [3.63, 3.8) is 0 Å². The summed E-state index contributed by atoms with van der Waals surface area (Å²) in [6.45, 7) is 1.98. The molecule has 0 atom stereocenters. The molecule has 0 bridgehead atoms. The summed E-state index contributed by atoms with van der Waals surface area (Å²) in [5.74, 6) is 0. The zero-order valence-electron chi connectivity index (χ0n) is 15.1. The van der Waals surface area contributed by atoms with Crippen molar-refractivity contribution in [2.45, 2.75) is 18.4 Å². The largest absolute Gasteiger partial charge is 0.279 e. The molecule has 0 aliphatic rings. The Bertz CT molecular complexity index is 1060. The van der Waals surface area contributed by atoms with Gasteiger partial charge in [0.2, 0.25) is 0 Å². The third-order valence-electron chi connectivity index (χ3n) is 4.03. The molecule has 0 aromatic heterocycles. The van der Waals surface area contributed by atoms with Crippen LogP contribution in [0.5, 0.6) is 0 Å². The van der Waals surface area contributed by atoms with Gasteiger partial charge < -0.3 is 0 Å². The normalized spacial score (nSPS) is 11.7. The van der Waals surface area contributed by atoms with Crippen LogP contribution >= 0.6 is 23.2 Å². The molecule has 0 radical (unpaired) electrons. The predicted molar refractivity (Wildman–Crippen MR) is 114 cm³/mol. The highest BCUT2D eigenvalue weighted by atomic mass is 35.5. The molecular formula is C21H18Cl2N2O2S. The second kappa shape index (κ2) is 8.78. The fourth-order valence-corrected chi connectivity index (χ4v) is 3.91. The van der Waals surface area contributed by atoms with E-state index in [0.717, 1.165) is 21.1 Å². The van der Waals surface area contributed by atoms with E-state index < -0.39 is 10.0 Å². The van der Waals surface area contributed by atoms with Gasteiger partial charge in [0.05, 0.1) is 17.7 Å². The molecule has 0 heterocycles. The van der Waals surface area contributed by atoms with Gasteiger partial charge in [-0.1, -0.05) is 65.2 Å². The van der Waals surface area contributed by atoms with E-state index in [1.165, 1.54) is 6.21 Å². The molecule has 0 saturated heterocycles. The van der Waals surface area contributed by atoms with Crippen LogP contribution in [0.4, 0.5) is 0 Å². The summed E-state index contributed by atoms with van der Waals surface area (Å²) in [5, 5.41) is 5.44. The number of aryl methyl sites for hydroxylation is 1. The van der Waals surface area contributed by atoms with E-state index >= 15 is 0 Å². The first kappa shape index (κ1) is 20.4. The molecule has 28 heavy (non-hydrogen) atoms. The number of rotatable bonds is 6. The highest BCUT2D eigenvalue weighted by molar-refractivity contribution is 7.89.